The van der Waals surface area contributed by atoms with E-state index in [0.717, 1.165) is 5.69 Å². The number of piperidine rings is 1. The zero-order chi connectivity index (χ0) is 23.8. The number of hydrogen-bond donors (Lipinski definition) is 2. The van der Waals surface area contributed by atoms with Gasteiger partial charge in [-0.3, -0.25) is 9.59 Å². The van der Waals surface area contributed by atoms with Crippen molar-refractivity contribution in [3.8, 4) is 5.69 Å². The molecule has 1 aliphatic rings. The summed E-state index contributed by atoms with van der Waals surface area (Å²) >= 11 is 6.42. The summed E-state index contributed by atoms with van der Waals surface area (Å²) in [7, 11) is 0. The number of carbonyl (C=O) groups is 3. The van der Waals surface area contributed by atoms with E-state index in [4.69, 9.17) is 16.3 Å². The van der Waals surface area contributed by atoms with E-state index in [1.165, 1.54) is 4.68 Å². The first-order valence-corrected chi connectivity index (χ1v) is 11.6. The van der Waals surface area contributed by atoms with Gasteiger partial charge in [0.05, 0.1) is 23.6 Å². The highest BCUT2D eigenvalue weighted by atomic mass is 35.5. The number of nitrogens with one attached hydrogen (secondary N) is 2. The van der Waals surface area contributed by atoms with Gasteiger partial charge in [0.1, 0.15) is 5.15 Å². The summed E-state index contributed by atoms with van der Waals surface area (Å²) in [6.07, 6.45) is 1.90. The molecular weight excluding hydrogens is 446 g/mol. The van der Waals surface area contributed by atoms with Crippen molar-refractivity contribution < 1.29 is 19.1 Å². The van der Waals surface area contributed by atoms with Crippen LogP contribution in [0.4, 0.5) is 4.79 Å². The summed E-state index contributed by atoms with van der Waals surface area (Å²) in [5.74, 6) is -0.378. The first kappa shape index (κ1) is 24.6. The maximum atomic E-state index is 12.6. The lowest BCUT2D eigenvalue weighted by Gasteiger charge is -2.31. The van der Waals surface area contributed by atoms with Crippen molar-refractivity contribution in [2.45, 2.75) is 45.6 Å². The number of halogens is 1. The average molecular weight is 476 g/mol. The van der Waals surface area contributed by atoms with Gasteiger partial charge < -0.3 is 20.3 Å². The average Bonchev–Trinajstić information content (AvgIpc) is 3.11. The quantitative estimate of drug-likeness (QED) is 0.571. The molecule has 0 aliphatic carbocycles. The highest BCUT2D eigenvalue weighted by Crippen LogP contribution is 2.23. The van der Waals surface area contributed by atoms with Crippen LogP contribution in [0, 0.1) is 6.92 Å². The number of ether oxygens (including phenoxy) is 1. The molecule has 0 atom stereocenters. The Morgan fingerprint density at radius 3 is 2.55 bits per heavy atom. The first-order chi connectivity index (χ1) is 15.9. The lowest BCUT2D eigenvalue weighted by atomic mass is 10.1. The molecule has 9 nitrogen and oxygen atoms in total. The van der Waals surface area contributed by atoms with Crippen molar-refractivity contribution in [1.82, 2.24) is 25.3 Å². The van der Waals surface area contributed by atoms with Gasteiger partial charge in [0.2, 0.25) is 5.91 Å². The molecule has 10 heteroatoms. The van der Waals surface area contributed by atoms with Crippen LogP contribution in [0.5, 0.6) is 0 Å². The molecule has 0 bridgehead atoms. The molecule has 0 radical (unpaired) electrons. The van der Waals surface area contributed by atoms with E-state index in [9.17, 15) is 14.4 Å². The van der Waals surface area contributed by atoms with Crippen LogP contribution in [-0.2, 0) is 9.53 Å². The van der Waals surface area contributed by atoms with Crippen molar-refractivity contribution in [2.24, 2.45) is 0 Å². The van der Waals surface area contributed by atoms with Gasteiger partial charge in [0.15, 0.2) is 0 Å². The Hall–Kier alpha value is -3.07. The Morgan fingerprint density at radius 2 is 1.88 bits per heavy atom. The molecule has 1 aromatic heterocycles. The van der Waals surface area contributed by atoms with Crippen LogP contribution in [0.15, 0.2) is 30.3 Å². The zero-order valence-electron chi connectivity index (χ0n) is 19.0. The van der Waals surface area contributed by atoms with Crippen molar-refractivity contribution in [2.75, 3.05) is 26.2 Å². The van der Waals surface area contributed by atoms with E-state index in [1.54, 1.807) is 18.7 Å². The molecule has 178 valence electrons. The van der Waals surface area contributed by atoms with E-state index in [1.807, 2.05) is 30.3 Å². The van der Waals surface area contributed by atoms with Crippen LogP contribution in [0.25, 0.3) is 5.69 Å². The molecule has 2 N–H and O–H groups in total. The summed E-state index contributed by atoms with van der Waals surface area (Å²) in [5, 5.41) is 10.5. The minimum atomic E-state index is -0.313. The third-order valence-electron chi connectivity index (χ3n) is 5.48. The predicted octanol–water partition coefficient (Wildman–Crippen LogP) is 3.08. The van der Waals surface area contributed by atoms with E-state index in [2.05, 4.69) is 15.7 Å². The fraction of sp³-hybridized carbons (Fsp3) is 0.478. The van der Waals surface area contributed by atoms with Crippen LogP contribution < -0.4 is 10.6 Å². The molecule has 0 saturated carbocycles. The maximum absolute atomic E-state index is 12.6. The lowest BCUT2D eigenvalue weighted by molar-refractivity contribution is -0.122. The number of benzene rings is 1. The number of hydrogen-bond acceptors (Lipinski definition) is 5. The molecule has 1 aromatic carbocycles. The van der Waals surface area contributed by atoms with Gasteiger partial charge in [0, 0.05) is 32.1 Å². The van der Waals surface area contributed by atoms with Crippen LogP contribution >= 0.6 is 11.6 Å². The van der Waals surface area contributed by atoms with Crippen LogP contribution in [0.2, 0.25) is 5.15 Å². The number of aromatic nitrogens is 2. The molecule has 2 heterocycles. The monoisotopic (exact) mass is 475 g/mol. The molecule has 3 rings (SSSR count). The second-order valence-electron chi connectivity index (χ2n) is 7.89. The Balaban J connectivity index is 1.40. The maximum Gasteiger partial charge on any atom is 0.409 e. The summed E-state index contributed by atoms with van der Waals surface area (Å²) < 4.78 is 6.54. The number of para-hydroxylation sites is 1. The van der Waals surface area contributed by atoms with Gasteiger partial charge >= 0.3 is 6.09 Å². The smallest absolute Gasteiger partial charge is 0.409 e. The number of aryl methyl sites for hydroxylation is 1. The molecule has 1 aliphatic heterocycles. The highest BCUT2D eigenvalue weighted by molar-refractivity contribution is 6.33. The van der Waals surface area contributed by atoms with Gasteiger partial charge in [-0.15, -0.1) is 0 Å². The second kappa shape index (κ2) is 11.7. The molecule has 1 saturated heterocycles. The fourth-order valence-electron chi connectivity index (χ4n) is 3.76. The van der Waals surface area contributed by atoms with Crippen molar-refractivity contribution in [1.29, 1.82) is 0 Å². The van der Waals surface area contributed by atoms with Crippen LogP contribution in [-0.4, -0.2) is 64.9 Å². The predicted molar refractivity (Wildman–Crippen MR) is 125 cm³/mol. The zero-order valence-corrected chi connectivity index (χ0v) is 19.7. The Bertz CT molecular complexity index is 971. The SMILES string of the molecule is CCOC(=O)N1CCC(NC(=O)CCCNC(=O)c2c(C)nn(-c3ccccc3)c2Cl)CC1. The first-order valence-electron chi connectivity index (χ1n) is 11.2. The van der Waals surface area contributed by atoms with Gasteiger partial charge in [-0.05, 0) is 45.2 Å². The van der Waals surface area contributed by atoms with E-state index < -0.39 is 0 Å². The molecule has 2 aromatic rings. The third kappa shape index (κ3) is 6.47. The third-order valence-corrected chi connectivity index (χ3v) is 5.83. The number of amides is 3. The van der Waals surface area contributed by atoms with Gasteiger partial charge in [-0.2, -0.15) is 5.10 Å². The Morgan fingerprint density at radius 1 is 1.18 bits per heavy atom. The van der Waals surface area contributed by atoms with Crippen molar-refractivity contribution in [3.63, 3.8) is 0 Å². The molecule has 0 unspecified atom stereocenters. The molecule has 1 fully saturated rings. The second-order valence-corrected chi connectivity index (χ2v) is 8.24. The van der Waals surface area contributed by atoms with Crippen molar-refractivity contribution in [3.05, 3.63) is 46.7 Å². The van der Waals surface area contributed by atoms with Gasteiger partial charge in [-0.25, -0.2) is 9.48 Å². The summed E-state index contributed by atoms with van der Waals surface area (Å²) in [4.78, 5) is 38.3. The van der Waals surface area contributed by atoms with Crippen LogP contribution in [0.1, 0.15) is 48.7 Å². The molecule has 3 amide bonds. The largest absolute Gasteiger partial charge is 0.450 e. The summed E-state index contributed by atoms with van der Waals surface area (Å²) in [6, 6.07) is 9.40. The van der Waals surface area contributed by atoms with E-state index in [0.29, 0.717) is 63.2 Å². The topological polar surface area (TPSA) is 106 Å². The Kier molecular flexibility index (Phi) is 8.71. The standard InChI is InChI=1S/C23H30ClN5O4/c1-3-33-23(32)28-14-11-17(12-15-28)26-19(30)10-7-13-25-22(31)20-16(2)27-29(21(20)24)18-8-5-4-6-9-18/h4-6,8-9,17H,3,7,10-15H2,1-2H3,(H,25,31)(H,26,30). The minimum absolute atomic E-state index is 0.0445. The number of likely N-dealkylation sites (tertiary alicyclic amines) is 1. The Labute approximate surface area is 198 Å². The molecule has 33 heavy (non-hydrogen) atoms. The van der Waals surface area contributed by atoms with Crippen molar-refractivity contribution >= 4 is 29.5 Å². The fourth-order valence-corrected chi connectivity index (χ4v) is 4.12. The molecular formula is C23H30ClN5O4. The van der Waals surface area contributed by atoms with Gasteiger partial charge in [-0.1, -0.05) is 29.8 Å². The highest BCUT2D eigenvalue weighted by Gasteiger charge is 2.24. The van der Waals surface area contributed by atoms with E-state index >= 15 is 0 Å². The normalized spacial score (nSPS) is 14.1. The lowest BCUT2D eigenvalue weighted by Crippen LogP contribution is -2.46. The summed E-state index contributed by atoms with van der Waals surface area (Å²) in [5.41, 5.74) is 1.64. The minimum Gasteiger partial charge on any atom is -0.450 e. The van der Waals surface area contributed by atoms with Crippen LogP contribution in [0.3, 0.4) is 0 Å². The number of rotatable bonds is 8. The number of nitrogens with zero attached hydrogens (tertiary/aromatic N) is 3. The van der Waals surface area contributed by atoms with Gasteiger partial charge in [0.25, 0.3) is 5.91 Å². The molecule has 0 spiro atoms. The summed E-state index contributed by atoms with van der Waals surface area (Å²) in [6.45, 7) is 5.35. The van der Waals surface area contributed by atoms with E-state index in [-0.39, 0.29) is 29.1 Å². The number of carbonyl (C=O) groups excluding carboxylic acids is 3.